The van der Waals surface area contributed by atoms with Gasteiger partial charge in [-0.1, -0.05) is 0 Å². The maximum atomic E-state index is 11.5. The zero-order chi connectivity index (χ0) is 11.6. The number of hydrogen-bond acceptors (Lipinski definition) is 4. The summed E-state index contributed by atoms with van der Waals surface area (Å²) < 4.78 is 32.1. The molecule has 6 nitrogen and oxygen atoms in total. The third-order valence-electron chi connectivity index (χ3n) is 2.51. The van der Waals surface area contributed by atoms with Crippen LogP contribution in [0.25, 0.3) is 0 Å². The molecule has 0 aliphatic heterocycles. The second-order valence-electron chi connectivity index (χ2n) is 3.82. The van der Waals surface area contributed by atoms with E-state index >= 15 is 0 Å². The van der Waals surface area contributed by atoms with Gasteiger partial charge >= 0.3 is 0 Å². The van der Waals surface area contributed by atoms with Crippen LogP contribution in [0.4, 0.5) is 0 Å². The van der Waals surface area contributed by atoms with Crippen molar-refractivity contribution < 1.29 is 13.2 Å². The lowest BCUT2D eigenvalue weighted by Gasteiger charge is -2.42. The van der Waals surface area contributed by atoms with Crippen LogP contribution in [0.15, 0.2) is 0 Å². The normalized spacial score (nSPS) is 31.7. The molecule has 0 bridgehead atoms. The fourth-order valence-electron chi connectivity index (χ4n) is 1.47. The van der Waals surface area contributed by atoms with Crippen LogP contribution in [0.3, 0.4) is 0 Å². The molecular weight excluding hydrogens is 218 g/mol. The highest BCUT2D eigenvalue weighted by Gasteiger charge is 2.42. The van der Waals surface area contributed by atoms with Crippen molar-refractivity contribution in [3.8, 4) is 0 Å². The standard InChI is InChI=1S/C8H19N3O3S/c1-4-14-7-5-6(9)8(7)10-15(12,13)11(2)3/h6-8,10H,4-5,9H2,1-3H3. The van der Waals surface area contributed by atoms with Gasteiger partial charge in [-0.05, 0) is 13.3 Å². The molecule has 1 rings (SSSR count). The molecule has 7 heteroatoms. The second-order valence-corrected chi connectivity index (χ2v) is 5.74. The van der Waals surface area contributed by atoms with Crippen LogP contribution in [0.5, 0.6) is 0 Å². The van der Waals surface area contributed by atoms with E-state index in [0.717, 1.165) is 4.31 Å². The minimum absolute atomic E-state index is 0.0975. The fourth-order valence-corrected chi connectivity index (χ4v) is 2.35. The Morgan fingerprint density at radius 3 is 2.53 bits per heavy atom. The largest absolute Gasteiger partial charge is 0.377 e. The quantitative estimate of drug-likeness (QED) is 0.635. The Morgan fingerprint density at radius 2 is 2.13 bits per heavy atom. The van der Waals surface area contributed by atoms with E-state index in [1.165, 1.54) is 14.1 Å². The van der Waals surface area contributed by atoms with Crippen molar-refractivity contribution in [1.82, 2.24) is 9.03 Å². The SMILES string of the molecule is CCOC1CC(N)C1NS(=O)(=O)N(C)C. The third-order valence-corrected chi connectivity index (χ3v) is 4.04. The van der Waals surface area contributed by atoms with E-state index < -0.39 is 10.2 Å². The topological polar surface area (TPSA) is 84.7 Å². The molecule has 3 atom stereocenters. The number of ether oxygens (including phenoxy) is 1. The molecule has 1 aliphatic carbocycles. The summed E-state index contributed by atoms with van der Waals surface area (Å²) in [7, 11) is -0.470. The molecule has 0 aromatic carbocycles. The monoisotopic (exact) mass is 237 g/mol. The zero-order valence-corrected chi connectivity index (χ0v) is 10.1. The molecule has 0 saturated heterocycles. The smallest absolute Gasteiger partial charge is 0.279 e. The zero-order valence-electron chi connectivity index (χ0n) is 9.30. The van der Waals surface area contributed by atoms with Crippen molar-refractivity contribution in [2.45, 2.75) is 31.5 Å². The van der Waals surface area contributed by atoms with Gasteiger partial charge in [-0.15, -0.1) is 0 Å². The minimum atomic E-state index is -3.42. The summed E-state index contributed by atoms with van der Waals surface area (Å²) in [4.78, 5) is 0. The first kappa shape index (κ1) is 12.9. The highest BCUT2D eigenvalue weighted by molar-refractivity contribution is 7.87. The summed E-state index contributed by atoms with van der Waals surface area (Å²) in [5, 5.41) is 0. The second kappa shape index (κ2) is 4.75. The van der Waals surface area contributed by atoms with Gasteiger partial charge in [0.2, 0.25) is 0 Å². The Morgan fingerprint density at radius 1 is 1.53 bits per heavy atom. The number of hydrogen-bond donors (Lipinski definition) is 2. The van der Waals surface area contributed by atoms with E-state index in [0.29, 0.717) is 13.0 Å². The molecule has 3 unspecified atom stereocenters. The van der Waals surface area contributed by atoms with Gasteiger partial charge in [0.25, 0.3) is 10.2 Å². The van der Waals surface area contributed by atoms with Gasteiger partial charge in [0, 0.05) is 26.7 Å². The lowest BCUT2D eigenvalue weighted by Crippen LogP contribution is -2.65. The molecule has 90 valence electrons. The molecule has 1 fully saturated rings. The summed E-state index contributed by atoms with van der Waals surface area (Å²) >= 11 is 0. The number of nitrogens with zero attached hydrogens (tertiary/aromatic N) is 1. The first-order chi connectivity index (χ1) is 6.88. The Bertz CT molecular complexity index is 302. The van der Waals surface area contributed by atoms with E-state index in [1.54, 1.807) is 0 Å². The van der Waals surface area contributed by atoms with E-state index in [9.17, 15) is 8.42 Å². The Labute approximate surface area is 90.9 Å². The molecule has 1 saturated carbocycles. The molecule has 0 aromatic rings. The predicted octanol–water partition coefficient (Wildman–Crippen LogP) is -1.11. The van der Waals surface area contributed by atoms with Crippen molar-refractivity contribution in [3.05, 3.63) is 0 Å². The predicted molar refractivity (Wildman–Crippen MR) is 57.5 cm³/mol. The molecule has 0 aromatic heterocycles. The van der Waals surface area contributed by atoms with Gasteiger partial charge in [-0.2, -0.15) is 17.4 Å². The van der Waals surface area contributed by atoms with Gasteiger partial charge in [-0.25, -0.2) is 0 Å². The Hall–Kier alpha value is -0.210. The van der Waals surface area contributed by atoms with Gasteiger partial charge < -0.3 is 10.5 Å². The molecule has 0 radical (unpaired) electrons. The summed E-state index contributed by atoms with van der Waals surface area (Å²) in [5.41, 5.74) is 5.73. The van der Waals surface area contributed by atoms with Gasteiger partial charge in [-0.3, -0.25) is 0 Å². The molecule has 0 amide bonds. The molecule has 3 N–H and O–H groups in total. The summed E-state index contributed by atoms with van der Waals surface area (Å²) in [6, 6.07) is -0.464. The van der Waals surface area contributed by atoms with Crippen molar-refractivity contribution in [1.29, 1.82) is 0 Å². The van der Waals surface area contributed by atoms with Crippen LogP contribution in [0.1, 0.15) is 13.3 Å². The Kier molecular flexibility index (Phi) is 4.07. The summed E-state index contributed by atoms with van der Waals surface area (Å²) in [6.07, 6.45) is 0.605. The van der Waals surface area contributed by atoms with Crippen LogP contribution in [-0.4, -0.2) is 51.6 Å². The lowest BCUT2D eigenvalue weighted by atomic mass is 9.84. The molecule has 1 aliphatic rings. The van der Waals surface area contributed by atoms with E-state index in [4.69, 9.17) is 10.5 Å². The van der Waals surface area contributed by atoms with E-state index in [1.807, 2.05) is 6.92 Å². The van der Waals surface area contributed by atoms with Crippen LogP contribution in [-0.2, 0) is 14.9 Å². The fraction of sp³-hybridized carbons (Fsp3) is 1.00. The summed E-state index contributed by atoms with van der Waals surface area (Å²) in [5.74, 6) is 0. The van der Waals surface area contributed by atoms with E-state index in [2.05, 4.69) is 4.72 Å². The average Bonchev–Trinajstić information content (AvgIpc) is 2.14. The van der Waals surface area contributed by atoms with Crippen molar-refractivity contribution in [2.24, 2.45) is 5.73 Å². The van der Waals surface area contributed by atoms with Gasteiger partial charge in [0.15, 0.2) is 0 Å². The first-order valence-electron chi connectivity index (χ1n) is 4.95. The van der Waals surface area contributed by atoms with Crippen LogP contribution >= 0.6 is 0 Å². The van der Waals surface area contributed by atoms with E-state index in [-0.39, 0.29) is 18.2 Å². The molecule has 15 heavy (non-hydrogen) atoms. The van der Waals surface area contributed by atoms with Gasteiger partial charge in [0.1, 0.15) is 0 Å². The van der Waals surface area contributed by atoms with Crippen LogP contribution < -0.4 is 10.5 Å². The highest BCUT2D eigenvalue weighted by Crippen LogP contribution is 2.23. The Balaban J connectivity index is 2.57. The minimum Gasteiger partial charge on any atom is -0.377 e. The number of nitrogens with one attached hydrogen (secondary N) is 1. The van der Waals surface area contributed by atoms with Crippen LogP contribution in [0, 0.1) is 0 Å². The average molecular weight is 237 g/mol. The molecular formula is C8H19N3O3S. The first-order valence-corrected chi connectivity index (χ1v) is 6.39. The van der Waals surface area contributed by atoms with Crippen molar-refractivity contribution >= 4 is 10.2 Å². The molecule has 0 spiro atoms. The van der Waals surface area contributed by atoms with Gasteiger partial charge in [0.05, 0.1) is 12.1 Å². The highest BCUT2D eigenvalue weighted by atomic mass is 32.2. The summed E-state index contributed by atoms with van der Waals surface area (Å²) in [6.45, 7) is 2.44. The number of rotatable bonds is 5. The maximum absolute atomic E-state index is 11.5. The van der Waals surface area contributed by atoms with Crippen molar-refractivity contribution in [2.75, 3.05) is 20.7 Å². The van der Waals surface area contributed by atoms with Crippen molar-refractivity contribution in [3.63, 3.8) is 0 Å². The third kappa shape index (κ3) is 2.88. The number of nitrogens with two attached hydrogens (primary N) is 1. The molecule has 0 heterocycles. The maximum Gasteiger partial charge on any atom is 0.279 e. The van der Waals surface area contributed by atoms with Crippen LogP contribution in [0.2, 0.25) is 0 Å². The lowest BCUT2D eigenvalue weighted by molar-refractivity contribution is -0.0251.